The Labute approximate surface area is 158 Å². The summed E-state index contributed by atoms with van der Waals surface area (Å²) in [4.78, 5) is 12.2. The van der Waals surface area contributed by atoms with Crippen molar-refractivity contribution in [2.75, 3.05) is 5.75 Å². The number of halogens is 2. The maximum atomic E-state index is 13.6. The van der Waals surface area contributed by atoms with E-state index < -0.39 is 34.6 Å². The number of alkyl carbamates (subject to hydrolysis) is 1. The Morgan fingerprint density at radius 2 is 1.85 bits per heavy atom. The molecule has 0 aromatic heterocycles. The van der Waals surface area contributed by atoms with Crippen LogP contribution in [0, 0.1) is 18.3 Å². The first-order valence-electron chi connectivity index (χ1n) is 7.99. The molecular formula is C19H18F2N2O3S. The molecule has 5 nitrogen and oxygen atoms in total. The van der Waals surface area contributed by atoms with Crippen LogP contribution in [-0.4, -0.2) is 28.0 Å². The van der Waals surface area contributed by atoms with Crippen LogP contribution >= 0.6 is 0 Å². The van der Waals surface area contributed by atoms with Gasteiger partial charge in [-0.2, -0.15) is 5.26 Å². The Bertz CT molecular complexity index is 838. The SMILES string of the molecule is Cc1ccc([S@](=O)C[C@@](C#N)(NC(=O)OCc2ccccc2)C(F)F)cc1. The Balaban J connectivity index is 2.08. The van der Waals surface area contributed by atoms with Gasteiger partial charge in [0.15, 0.2) is 0 Å². The van der Waals surface area contributed by atoms with Crippen LogP contribution in [0.2, 0.25) is 0 Å². The van der Waals surface area contributed by atoms with E-state index in [9.17, 15) is 23.0 Å². The Morgan fingerprint density at radius 1 is 1.22 bits per heavy atom. The molecule has 27 heavy (non-hydrogen) atoms. The number of amides is 1. The molecule has 0 heterocycles. The monoisotopic (exact) mass is 392 g/mol. The largest absolute Gasteiger partial charge is 0.445 e. The van der Waals surface area contributed by atoms with Gasteiger partial charge in [-0.25, -0.2) is 13.6 Å². The van der Waals surface area contributed by atoms with Crippen molar-refractivity contribution in [1.82, 2.24) is 5.32 Å². The minimum atomic E-state index is -3.25. The zero-order valence-corrected chi connectivity index (χ0v) is 15.3. The summed E-state index contributed by atoms with van der Waals surface area (Å²) in [5.41, 5.74) is -1.04. The lowest BCUT2D eigenvalue weighted by atomic mass is 10.1. The van der Waals surface area contributed by atoms with Gasteiger partial charge in [0.05, 0.1) is 22.6 Å². The molecular weight excluding hydrogens is 374 g/mol. The van der Waals surface area contributed by atoms with Crippen LogP contribution < -0.4 is 5.32 Å². The number of rotatable bonds is 7. The van der Waals surface area contributed by atoms with Crippen molar-refractivity contribution >= 4 is 16.9 Å². The third-order valence-electron chi connectivity index (χ3n) is 3.75. The summed E-state index contributed by atoms with van der Waals surface area (Å²) in [7, 11) is -1.91. The maximum Gasteiger partial charge on any atom is 0.408 e. The lowest BCUT2D eigenvalue weighted by Crippen LogP contribution is -2.56. The molecule has 1 amide bonds. The minimum Gasteiger partial charge on any atom is -0.445 e. The molecule has 2 aromatic carbocycles. The van der Waals surface area contributed by atoms with Crippen LogP contribution in [-0.2, 0) is 22.1 Å². The molecule has 0 aliphatic heterocycles. The summed E-state index contributed by atoms with van der Waals surface area (Å²) in [6, 6.07) is 16.5. The number of hydrogen-bond acceptors (Lipinski definition) is 4. The first-order chi connectivity index (χ1) is 12.9. The lowest BCUT2D eigenvalue weighted by molar-refractivity contribution is 0.0628. The van der Waals surface area contributed by atoms with E-state index in [1.165, 1.54) is 18.2 Å². The predicted molar refractivity (Wildman–Crippen MR) is 96.6 cm³/mol. The predicted octanol–water partition coefficient (Wildman–Crippen LogP) is 3.56. The average molecular weight is 392 g/mol. The van der Waals surface area contributed by atoms with Crippen LogP contribution in [0.1, 0.15) is 11.1 Å². The van der Waals surface area contributed by atoms with Crippen molar-refractivity contribution in [1.29, 1.82) is 5.26 Å². The fraction of sp³-hybridized carbons (Fsp3) is 0.263. The molecule has 0 aliphatic rings. The number of alkyl halides is 2. The second-order valence-electron chi connectivity index (χ2n) is 5.87. The van der Waals surface area contributed by atoms with Crippen LogP contribution in [0.15, 0.2) is 59.5 Å². The Hall–Kier alpha value is -2.79. The van der Waals surface area contributed by atoms with E-state index >= 15 is 0 Å². The van der Waals surface area contributed by atoms with Crippen LogP contribution in [0.5, 0.6) is 0 Å². The molecule has 0 saturated carbocycles. The fourth-order valence-corrected chi connectivity index (χ4v) is 3.47. The summed E-state index contributed by atoms with van der Waals surface area (Å²) < 4.78 is 44.5. The van der Waals surface area contributed by atoms with Gasteiger partial charge in [0, 0.05) is 4.90 Å². The highest BCUT2D eigenvalue weighted by atomic mass is 32.2. The van der Waals surface area contributed by atoms with E-state index in [1.54, 1.807) is 42.5 Å². The number of nitrogens with zero attached hydrogens (tertiary/aromatic N) is 1. The number of aryl methyl sites for hydroxylation is 1. The molecule has 0 fully saturated rings. The fourth-order valence-electron chi connectivity index (χ4n) is 2.18. The quantitative estimate of drug-likeness (QED) is 0.781. The van der Waals surface area contributed by atoms with Gasteiger partial charge in [-0.15, -0.1) is 0 Å². The highest BCUT2D eigenvalue weighted by Gasteiger charge is 2.44. The van der Waals surface area contributed by atoms with Crippen LogP contribution in [0.3, 0.4) is 0 Å². The van der Waals surface area contributed by atoms with E-state index in [1.807, 2.05) is 12.2 Å². The average Bonchev–Trinajstić information content (AvgIpc) is 2.67. The summed E-state index contributed by atoms with van der Waals surface area (Å²) in [6.07, 6.45) is -4.43. The molecule has 2 atom stereocenters. The number of hydrogen-bond donors (Lipinski definition) is 1. The summed E-state index contributed by atoms with van der Waals surface area (Å²) in [5.74, 6) is -0.759. The Morgan fingerprint density at radius 3 is 2.41 bits per heavy atom. The van der Waals surface area contributed by atoms with Gasteiger partial charge in [-0.1, -0.05) is 48.0 Å². The van der Waals surface area contributed by atoms with Crippen molar-refractivity contribution in [2.45, 2.75) is 30.4 Å². The number of nitrogens with one attached hydrogen (secondary N) is 1. The zero-order chi connectivity index (χ0) is 19.9. The van der Waals surface area contributed by atoms with E-state index in [0.29, 0.717) is 10.5 Å². The molecule has 1 N–H and O–H groups in total. The molecule has 0 saturated heterocycles. The van der Waals surface area contributed by atoms with Gasteiger partial charge < -0.3 is 4.74 Å². The minimum absolute atomic E-state index is 0.140. The van der Waals surface area contributed by atoms with Gasteiger partial charge in [0.2, 0.25) is 5.54 Å². The van der Waals surface area contributed by atoms with Crippen molar-refractivity contribution in [2.24, 2.45) is 0 Å². The van der Waals surface area contributed by atoms with E-state index in [-0.39, 0.29) is 6.61 Å². The molecule has 2 aromatic rings. The standard InChI is InChI=1S/C19H18F2N2O3S/c1-14-7-9-16(10-8-14)27(25)13-19(12-22,17(20)21)23-18(24)26-11-15-5-3-2-4-6-15/h2-10,17H,11,13H2,1H3,(H,23,24)/t19-,27-/m1/s1. The number of carbonyl (C=O) groups is 1. The van der Waals surface area contributed by atoms with Gasteiger partial charge in [-0.05, 0) is 24.6 Å². The topological polar surface area (TPSA) is 79.2 Å². The molecule has 142 valence electrons. The summed E-state index contributed by atoms with van der Waals surface area (Å²) in [6.45, 7) is 1.69. The molecule has 0 bridgehead atoms. The molecule has 2 rings (SSSR count). The highest BCUT2D eigenvalue weighted by Crippen LogP contribution is 2.21. The van der Waals surface area contributed by atoms with Crippen LogP contribution in [0.4, 0.5) is 13.6 Å². The van der Waals surface area contributed by atoms with Gasteiger partial charge in [0.25, 0.3) is 6.43 Å². The molecule has 0 unspecified atom stereocenters. The highest BCUT2D eigenvalue weighted by molar-refractivity contribution is 7.85. The van der Waals surface area contributed by atoms with Crippen molar-refractivity contribution < 1.29 is 22.5 Å². The first-order valence-corrected chi connectivity index (χ1v) is 9.31. The maximum absolute atomic E-state index is 13.6. The molecule has 8 heteroatoms. The third-order valence-corrected chi connectivity index (χ3v) is 5.27. The van der Waals surface area contributed by atoms with E-state index in [2.05, 4.69) is 0 Å². The third kappa shape index (κ3) is 5.59. The number of ether oxygens (including phenoxy) is 1. The Kier molecular flexibility index (Phi) is 7.02. The molecule has 0 aliphatic carbocycles. The zero-order valence-electron chi connectivity index (χ0n) is 14.5. The first kappa shape index (κ1) is 20.5. The smallest absolute Gasteiger partial charge is 0.408 e. The van der Waals surface area contributed by atoms with Gasteiger partial charge in [-0.3, -0.25) is 9.53 Å². The van der Waals surface area contributed by atoms with Crippen molar-refractivity contribution in [3.05, 3.63) is 65.7 Å². The molecule has 0 spiro atoms. The molecule has 0 radical (unpaired) electrons. The van der Waals surface area contributed by atoms with E-state index in [4.69, 9.17) is 4.74 Å². The number of nitriles is 1. The van der Waals surface area contributed by atoms with Gasteiger partial charge >= 0.3 is 6.09 Å². The second-order valence-corrected chi connectivity index (χ2v) is 7.32. The lowest BCUT2D eigenvalue weighted by Gasteiger charge is -2.26. The van der Waals surface area contributed by atoms with E-state index in [0.717, 1.165) is 5.56 Å². The normalized spacial score (nSPS) is 14.0. The summed E-state index contributed by atoms with van der Waals surface area (Å²) >= 11 is 0. The van der Waals surface area contributed by atoms with Gasteiger partial charge in [0.1, 0.15) is 6.61 Å². The van der Waals surface area contributed by atoms with Crippen molar-refractivity contribution in [3.63, 3.8) is 0 Å². The summed E-state index contributed by atoms with van der Waals surface area (Å²) in [5, 5.41) is 11.2. The number of carbonyl (C=O) groups excluding carboxylic acids is 1. The second kappa shape index (κ2) is 9.24. The number of benzene rings is 2. The van der Waals surface area contributed by atoms with Crippen LogP contribution in [0.25, 0.3) is 0 Å². The van der Waals surface area contributed by atoms with Crippen molar-refractivity contribution in [3.8, 4) is 6.07 Å².